The van der Waals surface area contributed by atoms with Crippen molar-refractivity contribution in [3.05, 3.63) is 35.9 Å². The van der Waals surface area contributed by atoms with Crippen molar-refractivity contribution in [3.8, 4) is 0 Å². The van der Waals surface area contributed by atoms with Crippen LogP contribution < -0.4 is 0 Å². The molecule has 0 aliphatic carbocycles. The lowest BCUT2D eigenvalue weighted by Gasteiger charge is -1.90. The quantitative estimate of drug-likeness (QED) is 0.214. The third kappa shape index (κ3) is 7.75. The van der Waals surface area contributed by atoms with E-state index >= 15 is 0 Å². The van der Waals surface area contributed by atoms with E-state index in [1.807, 2.05) is 6.07 Å². The number of ketones is 1. The molecule has 0 aliphatic heterocycles. The van der Waals surface area contributed by atoms with Crippen LogP contribution in [0.1, 0.15) is 24.2 Å². The van der Waals surface area contributed by atoms with Crippen molar-refractivity contribution in [2.45, 2.75) is 13.8 Å². The summed E-state index contributed by atoms with van der Waals surface area (Å²) in [6, 6.07) is 8.62. The van der Waals surface area contributed by atoms with Gasteiger partial charge in [-0.15, -0.1) is 0 Å². The molecule has 0 atom stereocenters. The Balaban J connectivity index is 0.000000360. The van der Waals surface area contributed by atoms with E-state index in [2.05, 4.69) is 9.89 Å². The second-order valence-corrected chi connectivity index (χ2v) is 3.06. The van der Waals surface area contributed by atoms with Gasteiger partial charge in [-0.1, -0.05) is 35.5 Å². The summed E-state index contributed by atoms with van der Waals surface area (Å²) in [6.45, 7) is 2.36. The number of rotatable bonds is 2. The number of ether oxygens (including phenoxy) is 1. The number of nitrogens with zero attached hydrogens (tertiary/aromatic N) is 1. The lowest BCUT2D eigenvalue weighted by Crippen LogP contribution is -2.03. The Bertz CT molecular complexity index is 427. The maximum absolute atomic E-state index is 10.9. The zero-order chi connectivity index (χ0) is 14.0. The van der Waals surface area contributed by atoms with Crippen molar-refractivity contribution < 1.29 is 24.3 Å². The standard InChI is InChI=1S/C8H7NO2.C4H6O3/c10-8(6-9-11)7-4-2-1-3-5-7;1-3(5)7-4(2)6/h1-6,11H;1-2H3. The van der Waals surface area contributed by atoms with Crippen LogP contribution in [0.5, 0.6) is 0 Å². The zero-order valence-electron chi connectivity index (χ0n) is 9.99. The van der Waals surface area contributed by atoms with Crippen LogP contribution in [0.3, 0.4) is 0 Å². The minimum absolute atomic E-state index is 0.298. The first-order valence-corrected chi connectivity index (χ1v) is 4.93. The largest absolute Gasteiger partial charge is 0.411 e. The number of carbonyl (C=O) groups excluding carboxylic acids is 3. The molecule has 1 rings (SSSR count). The molecule has 18 heavy (non-hydrogen) atoms. The van der Waals surface area contributed by atoms with Gasteiger partial charge >= 0.3 is 11.9 Å². The maximum atomic E-state index is 10.9. The van der Waals surface area contributed by atoms with E-state index in [4.69, 9.17) is 5.21 Å². The molecule has 0 saturated carbocycles. The van der Waals surface area contributed by atoms with E-state index in [-0.39, 0.29) is 5.78 Å². The molecule has 0 saturated heterocycles. The van der Waals surface area contributed by atoms with Gasteiger partial charge in [-0.3, -0.25) is 14.4 Å². The molecular weight excluding hydrogens is 238 g/mol. The maximum Gasteiger partial charge on any atom is 0.310 e. The monoisotopic (exact) mass is 251 g/mol. The number of oxime groups is 1. The fourth-order valence-corrected chi connectivity index (χ4v) is 0.932. The number of esters is 2. The van der Waals surface area contributed by atoms with Crippen LogP contribution in [-0.4, -0.2) is 29.1 Å². The lowest BCUT2D eigenvalue weighted by atomic mass is 10.1. The number of Topliss-reactive ketones (excluding diaryl/α,β-unsaturated/α-hetero) is 1. The Morgan fingerprint density at radius 2 is 1.61 bits per heavy atom. The first-order valence-electron chi connectivity index (χ1n) is 4.93. The van der Waals surface area contributed by atoms with E-state index < -0.39 is 11.9 Å². The van der Waals surface area contributed by atoms with Crippen LogP contribution >= 0.6 is 0 Å². The lowest BCUT2D eigenvalue weighted by molar-refractivity contribution is -0.156. The second kappa shape index (κ2) is 8.63. The van der Waals surface area contributed by atoms with E-state index in [1.165, 1.54) is 13.8 Å². The average molecular weight is 251 g/mol. The van der Waals surface area contributed by atoms with E-state index in [0.717, 1.165) is 6.21 Å². The van der Waals surface area contributed by atoms with Crippen LogP contribution in [0.25, 0.3) is 0 Å². The molecule has 0 amide bonds. The topological polar surface area (TPSA) is 93.0 Å². The van der Waals surface area contributed by atoms with Crippen molar-refractivity contribution in [2.24, 2.45) is 5.16 Å². The molecule has 0 heterocycles. The highest BCUT2D eigenvalue weighted by molar-refractivity contribution is 6.35. The van der Waals surface area contributed by atoms with Gasteiger partial charge in [0.25, 0.3) is 0 Å². The molecule has 1 N–H and O–H groups in total. The Labute approximate surface area is 104 Å². The van der Waals surface area contributed by atoms with E-state index in [9.17, 15) is 14.4 Å². The SMILES string of the molecule is CC(=O)OC(C)=O.O=C(C=NO)c1ccccc1. The molecular formula is C12H13NO5. The molecule has 0 aromatic heterocycles. The molecule has 96 valence electrons. The third-order valence-corrected chi connectivity index (χ3v) is 1.52. The summed E-state index contributed by atoms with van der Waals surface area (Å²) >= 11 is 0. The first kappa shape index (κ1) is 15.5. The van der Waals surface area contributed by atoms with E-state index in [0.29, 0.717) is 5.56 Å². The number of hydrogen-bond donors (Lipinski definition) is 1. The zero-order valence-corrected chi connectivity index (χ0v) is 9.99. The first-order chi connectivity index (χ1) is 8.47. The Hall–Kier alpha value is -2.50. The second-order valence-electron chi connectivity index (χ2n) is 3.06. The van der Waals surface area contributed by atoms with Crippen molar-refractivity contribution >= 4 is 23.9 Å². The summed E-state index contributed by atoms with van der Waals surface area (Å²) in [5.74, 6) is -1.42. The molecule has 1 aromatic carbocycles. The van der Waals surface area contributed by atoms with Gasteiger partial charge in [-0.25, -0.2) is 0 Å². The molecule has 0 radical (unpaired) electrons. The van der Waals surface area contributed by atoms with Gasteiger partial charge < -0.3 is 9.94 Å². The number of carbonyl (C=O) groups is 3. The van der Waals surface area contributed by atoms with Crippen LogP contribution in [0.15, 0.2) is 35.5 Å². The summed E-state index contributed by atoms with van der Waals surface area (Å²) in [6.07, 6.45) is 0.870. The highest BCUT2D eigenvalue weighted by atomic mass is 16.6. The minimum Gasteiger partial charge on any atom is -0.411 e. The van der Waals surface area contributed by atoms with Gasteiger partial charge in [0, 0.05) is 19.4 Å². The van der Waals surface area contributed by atoms with Crippen molar-refractivity contribution in [2.75, 3.05) is 0 Å². The fraction of sp³-hybridized carbons (Fsp3) is 0.167. The molecule has 0 fully saturated rings. The van der Waals surface area contributed by atoms with Gasteiger partial charge in [0.05, 0.1) is 0 Å². The van der Waals surface area contributed by atoms with Crippen LogP contribution in [0, 0.1) is 0 Å². The van der Waals surface area contributed by atoms with E-state index in [1.54, 1.807) is 24.3 Å². The molecule has 0 unspecified atom stereocenters. The average Bonchev–Trinajstić information content (AvgIpc) is 2.29. The smallest absolute Gasteiger partial charge is 0.310 e. The number of benzene rings is 1. The van der Waals surface area contributed by atoms with Gasteiger partial charge in [-0.2, -0.15) is 0 Å². The summed E-state index contributed by atoms with van der Waals surface area (Å²) < 4.78 is 3.97. The van der Waals surface area contributed by atoms with Gasteiger partial charge in [-0.05, 0) is 0 Å². The van der Waals surface area contributed by atoms with Crippen LogP contribution in [-0.2, 0) is 14.3 Å². The fourth-order valence-electron chi connectivity index (χ4n) is 0.932. The minimum atomic E-state index is -0.562. The molecule has 6 nitrogen and oxygen atoms in total. The predicted molar refractivity (Wildman–Crippen MR) is 63.5 cm³/mol. The van der Waals surface area contributed by atoms with Crippen molar-refractivity contribution in [3.63, 3.8) is 0 Å². The summed E-state index contributed by atoms with van der Waals surface area (Å²) in [5.41, 5.74) is 0.519. The highest BCUT2D eigenvalue weighted by Gasteiger charge is 1.99. The predicted octanol–water partition coefficient (Wildman–Crippen LogP) is 1.43. The van der Waals surface area contributed by atoms with Gasteiger partial charge in [0.1, 0.15) is 6.21 Å². The Kier molecular flexibility index (Phi) is 7.43. The normalized spacial score (nSPS) is 9.22. The molecule has 1 aromatic rings. The third-order valence-electron chi connectivity index (χ3n) is 1.52. The molecule has 0 aliphatic rings. The number of hydrogen-bond acceptors (Lipinski definition) is 6. The highest BCUT2D eigenvalue weighted by Crippen LogP contribution is 1.97. The van der Waals surface area contributed by atoms with Gasteiger partial charge in [0.15, 0.2) is 0 Å². The van der Waals surface area contributed by atoms with Crippen LogP contribution in [0.2, 0.25) is 0 Å². The molecule has 0 spiro atoms. The Morgan fingerprint density at radius 1 is 1.11 bits per heavy atom. The summed E-state index contributed by atoms with van der Waals surface area (Å²) in [7, 11) is 0. The van der Waals surface area contributed by atoms with Crippen LogP contribution in [0.4, 0.5) is 0 Å². The van der Waals surface area contributed by atoms with Crippen molar-refractivity contribution in [1.82, 2.24) is 0 Å². The van der Waals surface area contributed by atoms with Crippen molar-refractivity contribution in [1.29, 1.82) is 0 Å². The van der Waals surface area contributed by atoms with Gasteiger partial charge in [0.2, 0.25) is 5.78 Å². The summed E-state index contributed by atoms with van der Waals surface area (Å²) in [4.78, 5) is 30.6. The molecule has 0 bridgehead atoms. The molecule has 6 heteroatoms. The Morgan fingerprint density at radius 3 is 1.94 bits per heavy atom. The summed E-state index contributed by atoms with van der Waals surface area (Å²) in [5, 5.41) is 10.7.